The molecule has 112 valence electrons. The van der Waals surface area contributed by atoms with E-state index in [-0.39, 0.29) is 6.04 Å². The van der Waals surface area contributed by atoms with Crippen LogP contribution < -0.4 is 5.32 Å². The summed E-state index contributed by atoms with van der Waals surface area (Å²) in [6, 6.07) is -0.0363. The van der Waals surface area contributed by atoms with E-state index in [9.17, 15) is 13.2 Å². The van der Waals surface area contributed by atoms with Crippen LogP contribution in [0, 0.1) is 5.92 Å². The smallest absolute Gasteiger partial charge is 0.320 e. The van der Waals surface area contributed by atoms with Gasteiger partial charge in [-0.2, -0.15) is 0 Å². The number of hydrogen-bond acceptors (Lipinski definition) is 5. The molecule has 0 aromatic heterocycles. The number of rotatable bonds is 6. The van der Waals surface area contributed by atoms with Gasteiger partial charge in [0.25, 0.3) is 0 Å². The van der Waals surface area contributed by atoms with Gasteiger partial charge in [-0.3, -0.25) is 4.79 Å². The summed E-state index contributed by atoms with van der Waals surface area (Å²) in [6.45, 7) is 4.93. The van der Waals surface area contributed by atoms with Crippen molar-refractivity contribution in [3.8, 4) is 0 Å². The molecular formula is C13H25NO4S. The van der Waals surface area contributed by atoms with Crippen molar-refractivity contribution in [1.29, 1.82) is 0 Å². The van der Waals surface area contributed by atoms with Gasteiger partial charge in [0.15, 0.2) is 9.84 Å². The van der Waals surface area contributed by atoms with Crippen LogP contribution in [-0.4, -0.2) is 45.1 Å². The highest BCUT2D eigenvalue weighted by Crippen LogP contribution is 2.29. The van der Waals surface area contributed by atoms with Crippen molar-refractivity contribution < 1.29 is 17.9 Å². The summed E-state index contributed by atoms with van der Waals surface area (Å²) >= 11 is 0. The highest BCUT2D eigenvalue weighted by atomic mass is 32.2. The molecule has 1 aliphatic carbocycles. The van der Waals surface area contributed by atoms with Gasteiger partial charge in [-0.25, -0.2) is 8.42 Å². The zero-order valence-corrected chi connectivity index (χ0v) is 12.8. The highest BCUT2D eigenvalue weighted by molar-refractivity contribution is 7.92. The van der Waals surface area contributed by atoms with Crippen molar-refractivity contribution in [2.45, 2.75) is 50.8 Å². The van der Waals surface area contributed by atoms with Crippen molar-refractivity contribution in [3.63, 3.8) is 0 Å². The first-order valence-electron chi connectivity index (χ1n) is 6.92. The van der Waals surface area contributed by atoms with Crippen molar-refractivity contribution in [2.24, 2.45) is 5.92 Å². The number of carbonyl (C=O) groups excluding carboxylic acids is 1. The Morgan fingerprint density at radius 2 is 2.05 bits per heavy atom. The third kappa shape index (κ3) is 4.76. The highest BCUT2D eigenvalue weighted by Gasteiger charge is 2.38. The minimum absolute atomic E-state index is 0.0363. The Labute approximate surface area is 116 Å². The number of carbonyl (C=O) groups is 1. The summed E-state index contributed by atoms with van der Waals surface area (Å²) in [5.41, 5.74) is 0. The molecule has 5 nitrogen and oxygen atoms in total. The normalized spacial score (nSPS) is 28.1. The number of methoxy groups -OCH3 is 1. The molecule has 19 heavy (non-hydrogen) atoms. The van der Waals surface area contributed by atoms with E-state index in [4.69, 9.17) is 0 Å². The summed E-state index contributed by atoms with van der Waals surface area (Å²) in [7, 11) is -2.23. The Bertz CT molecular complexity index is 391. The summed E-state index contributed by atoms with van der Waals surface area (Å²) in [6.07, 6.45) is 3.48. The molecule has 0 aromatic carbocycles. The van der Waals surface area contributed by atoms with Gasteiger partial charge in [0, 0.05) is 6.04 Å². The van der Waals surface area contributed by atoms with E-state index in [1.165, 1.54) is 7.11 Å². The SMILES string of the molecule is CCCNC1CCC(C)CC1S(=O)(=O)CC(=O)OC. The Balaban J connectivity index is 2.80. The molecule has 0 heterocycles. The lowest BCUT2D eigenvalue weighted by Crippen LogP contribution is -2.49. The van der Waals surface area contributed by atoms with E-state index in [0.29, 0.717) is 12.3 Å². The number of sulfone groups is 1. The number of hydrogen-bond donors (Lipinski definition) is 1. The first-order chi connectivity index (χ1) is 8.90. The fourth-order valence-electron chi connectivity index (χ4n) is 2.62. The van der Waals surface area contributed by atoms with Crippen molar-refractivity contribution in [3.05, 3.63) is 0 Å². The molecule has 0 spiro atoms. The van der Waals surface area contributed by atoms with Crippen LogP contribution in [0.2, 0.25) is 0 Å². The lowest BCUT2D eigenvalue weighted by molar-refractivity contribution is -0.137. The molecule has 1 saturated carbocycles. The number of ether oxygens (including phenoxy) is 1. The van der Waals surface area contributed by atoms with Crippen LogP contribution in [0.5, 0.6) is 0 Å². The largest absolute Gasteiger partial charge is 0.468 e. The maximum absolute atomic E-state index is 12.3. The average molecular weight is 291 g/mol. The predicted octanol–water partition coefficient (Wildman–Crippen LogP) is 1.13. The Hall–Kier alpha value is -0.620. The quantitative estimate of drug-likeness (QED) is 0.743. The summed E-state index contributed by atoms with van der Waals surface area (Å²) in [4.78, 5) is 11.3. The Morgan fingerprint density at radius 3 is 2.63 bits per heavy atom. The van der Waals surface area contributed by atoms with Crippen LogP contribution in [-0.2, 0) is 19.4 Å². The van der Waals surface area contributed by atoms with Gasteiger partial charge in [0.05, 0.1) is 12.4 Å². The molecule has 0 aliphatic heterocycles. The molecule has 3 atom stereocenters. The van der Waals surface area contributed by atoms with E-state index >= 15 is 0 Å². The molecule has 0 saturated heterocycles. The van der Waals surface area contributed by atoms with E-state index < -0.39 is 26.8 Å². The van der Waals surface area contributed by atoms with Crippen LogP contribution in [0.1, 0.15) is 39.5 Å². The molecule has 1 aliphatic rings. The van der Waals surface area contributed by atoms with Gasteiger partial charge in [-0.15, -0.1) is 0 Å². The number of nitrogens with one attached hydrogen (secondary N) is 1. The Kier molecular flexibility index (Phi) is 6.26. The topological polar surface area (TPSA) is 72.5 Å². The maximum Gasteiger partial charge on any atom is 0.320 e. The third-order valence-electron chi connectivity index (χ3n) is 3.72. The molecule has 1 fully saturated rings. The second-order valence-corrected chi connectivity index (χ2v) is 7.62. The van der Waals surface area contributed by atoms with E-state index in [1.54, 1.807) is 0 Å². The second-order valence-electron chi connectivity index (χ2n) is 5.40. The monoisotopic (exact) mass is 291 g/mol. The zero-order chi connectivity index (χ0) is 14.5. The lowest BCUT2D eigenvalue weighted by Gasteiger charge is -2.34. The van der Waals surface area contributed by atoms with Gasteiger partial charge in [0.2, 0.25) is 0 Å². The van der Waals surface area contributed by atoms with Gasteiger partial charge in [-0.1, -0.05) is 13.8 Å². The first-order valence-corrected chi connectivity index (χ1v) is 8.64. The molecule has 0 aromatic rings. The molecule has 0 bridgehead atoms. The van der Waals surface area contributed by atoms with Crippen LogP contribution in [0.15, 0.2) is 0 Å². The second kappa shape index (κ2) is 7.24. The van der Waals surface area contributed by atoms with Crippen LogP contribution in [0.4, 0.5) is 0 Å². The van der Waals surface area contributed by atoms with Crippen LogP contribution in [0.3, 0.4) is 0 Å². The minimum atomic E-state index is -3.44. The van der Waals surface area contributed by atoms with Gasteiger partial charge >= 0.3 is 5.97 Å². The number of esters is 1. The standard InChI is InChI=1S/C13H25NO4S/c1-4-7-14-11-6-5-10(2)8-12(11)19(16,17)9-13(15)18-3/h10-12,14H,4-9H2,1-3H3. The molecule has 6 heteroatoms. The maximum atomic E-state index is 12.3. The minimum Gasteiger partial charge on any atom is -0.468 e. The molecule has 3 unspecified atom stereocenters. The van der Waals surface area contributed by atoms with E-state index in [0.717, 1.165) is 25.8 Å². The van der Waals surface area contributed by atoms with Crippen LogP contribution >= 0.6 is 0 Å². The van der Waals surface area contributed by atoms with Crippen molar-refractivity contribution >= 4 is 15.8 Å². The summed E-state index contributed by atoms with van der Waals surface area (Å²) in [5, 5.41) is 2.84. The molecule has 0 amide bonds. The van der Waals surface area contributed by atoms with E-state index in [2.05, 4.69) is 23.9 Å². The van der Waals surface area contributed by atoms with Crippen molar-refractivity contribution in [2.75, 3.05) is 19.4 Å². The molecule has 0 radical (unpaired) electrons. The predicted molar refractivity (Wildman–Crippen MR) is 74.7 cm³/mol. The first kappa shape index (κ1) is 16.4. The molecular weight excluding hydrogens is 266 g/mol. The van der Waals surface area contributed by atoms with Gasteiger partial charge in [0.1, 0.15) is 5.75 Å². The summed E-state index contributed by atoms with van der Waals surface area (Å²) in [5.74, 6) is -0.796. The molecule has 1 N–H and O–H groups in total. The lowest BCUT2D eigenvalue weighted by atomic mass is 9.87. The zero-order valence-electron chi connectivity index (χ0n) is 12.0. The van der Waals surface area contributed by atoms with Gasteiger partial charge in [-0.05, 0) is 38.1 Å². The fraction of sp³-hybridized carbons (Fsp3) is 0.923. The van der Waals surface area contributed by atoms with Crippen molar-refractivity contribution in [1.82, 2.24) is 5.32 Å². The van der Waals surface area contributed by atoms with Crippen LogP contribution in [0.25, 0.3) is 0 Å². The third-order valence-corrected chi connectivity index (χ3v) is 5.80. The fourth-order valence-corrected chi connectivity index (χ4v) is 4.63. The summed E-state index contributed by atoms with van der Waals surface area (Å²) < 4.78 is 29.1. The molecule has 1 rings (SSSR count). The average Bonchev–Trinajstić information content (AvgIpc) is 2.36. The van der Waals surface area contributed by atoms with E-state index in [1.807, 2.05) is 0 Å². The van der Waals surface area contributed by atoms with Gasteiger partial charge < -0.3 is 10.1 Å². The Morgan fingerprint density at radius 1 is 1.37 bits per heavy atom.